The number of hydrogen-bond donors (Lipinski definition) is 0. The Balaban J connectivity index is 1.06. The topological polar surface area (TPSA) is 103 Å². The summed E-state index contributed by atoms with van der Waals surface area (Å²) < 4.78 is 30.8. The van der Waals surface area contributed by atoms with E-state index in [1.165, 1.54) is 4.90 Å². The van der Waals surface area contributed by atoms with Crippen molar-refractivity contribution in [2.75, 3.05) is 50.1 Å². The van der Waals surface area contributed by atoms with Gasteiger partial charge < -0.3 is 24.2 Å². The summed E-state index contributed by atoms with van der Waals surface area (Å²) in [6, 6.07) is 29.9. The molecule has 4 aliphatic heterocycles. The van der Waals surface area contributed by atoms with Gasteiger partial charge in [0, 0.05) is 82.5 Å². The Morgan fingerprint density at radius 3 is 2.48 bits per heavy atom. The van der Waals surface area contributed by atoms with Crippen LogP contribution in [0.1, 0.15) is 107 Å². The lowest BCUT2D eigenvalue weighted by molar-refractivity contribution is -0.0871. The van der Waals surface area contributed by atoms with Gasteiger partial charge in [0.25, 0.3) is 5.91 Å². The molecule has 4 atom stereocenters. The van der Waals surface area contributed by atoms with Gasteiger partial charge in [-0.25, -0.2) is 9.37 Å². The molecule has 0 bridgehead atoms. The van der Waals surface area contributed by atoms with Crippen LogP contribution in [0.2, 0.25) is 5.02 Å². The smallest absolute Gasteiger partial charge is 0.275 e. The van der Waals surface area contributed by atoms with Crippen LogP contribution in [0.25, 0.3) is 0 Å². The predicted octanol–water partition coefficient (Wildman–Crippen LogP) is 8.94. The Hall–Kier alpha value is -5.48. The number of aryl methyl sites for hydroxylation is 1. The molecule has 5 aromatic rings. The molecule has 2 fully saturated rings. The first-order valence-electron chi connectivity index (χ1n) is 22.9. The van der Waals surface area contributed by atoms with Crippen LogP contribution in [-0.2, 0) is 49.5 Å². The summed E-state index contributed by atoms with van der Waals surface area (Å²) in [6.07, 6.45) is 4.38. The minimum Gasteiger partial charge on any atom is -0.476 e. The number of aromatic nitrogens is 3. The first kappa shape index (κ1) is 42.5. The number of halogens is 2. The number of fused-ring (bicyclic) bond motifs is 5. The maximum absolute atomic E-state index is 14.9. The number of carbonyl (C=O) groups excluding carboxylic acids is 1. The average molecular weight is 884 g/mol. The number of nitriles is 1. The van der Waals surface area contributed by atoms with E-state index < -0.39 is 11.8 Å². The molecule has 0 radical (unpaired) electrons. The summed E-state index contributed by atoms with van der Waals surface area (Å²) in [4.78, 5) is 26.8. The molecule has 64 heavy (non-hydrogen) atoms. The summed E-state index contributed by atoms with van der Waals surface area (Å²) in [6.45, 7) is 7.23. The van der Waals surface area contributed by atoms with E-state index in [0.29, 0.717) is 75.2 Å². The SMILES string of the molecule is C[C@H]1CC[C@]2(Cc3nc(OC[C@@]45CCCN4C[C@H](F)C5)cc(N4CCCn5nc(C(=O)N(C)C)c(Cl)c5C4)c3CO2)c2c1ccc(N(Cc1ccccc1)Cc1ccccc1)c2C#N. The van der Waals surface area contributed by atoms with Gasteiger partial charge in [0.05, 0.1) is 46.4 Å². The number of rotatable bonds is 10. The standard InChI is InChI=1S/C51H56ClFN8O3/c1-34-18-20-51(46-38(34)16-17-42(39(46)27-54)59(28-35-12-6-4-7-13-35)29-36-14-8-5-9-15-36)26-41-40(32-64-51)43(24-45(55-41)63-33-50-19-10-22-60(50)30-37(53)25-50)58-21-11-23-61-44(31-58)47(52)48(56-61)49(62)57(2)3/h4-9,12-17,24,34,37H,10-11,18-23,25-26,28-33H2,1-3H3/t34-,37+,50-,51-/m0/s1. The van der Waals surface area contributed by atoms with E-state index in [1.54, 1.807) is 14.1 Å². The molecule has 1 aliphatic carbocycles. The number of amides is 1. The molecule has 1 amide bonds. The number of pyridine rings is 1. The van der Waals surface area contributed by atoms with Gasteiger partial charge in [0.15, 0.2) is 5.69 Å². The Morgan fingerprint density at radius 1 is 1.02 bits per heavy atom. The van der Waals surface area contributed by atoms with Crippen LogP contribution in [-0.4, -0.2) is 82.5 Å². The number of ether oxygens (including phenoxy) is 2. The fourth-order valence-electron chi connectivity index (χ4n) is 11.2. The number of carbonyl (C=O) groups is 1. The highest BCUT2D eigenvalue weighted by atomic mass is 35.5. The molecule has 13 heteroatoms. The molecule has 332 valence electrons. The molecule has 0 unspecified atom stereocenters. The Labute approximate surface area is 380 Å². The third-order valence-corrected chi connectivity index (χ3v) is 14.9. The van der Waals surface area contributed by atoms with Gasteiger partial charge in [-0.1, -0.05) is 85.3 Å². The number of nitrogens with zero attached hydrogens (tertiary/aromatic N) is 8. The summed E-state index contributed by atoms with van der Waals surface area (Å²) in [5.41, 5.74) is 8.62. The van der Waals surface area contributed by atoms with Crippen LogP contribution in [0.4, 0.5) is 15.8 Å². The Morgan fingerprint density at radius 2 is 1.77 bits per heavy atom. The highest BCUT2D eigenvalue weighted by molar-refractivity contribution is 6.34. The lowest BCUT2D eigenvalue weighted by Crippen LogP contribution is -2.44. The van der Waals surface area contributed by atoms with Gasteiger partial charge in [0.1, 0.15) is 24.4 Å². The lowest BCUT2D eigenvalue weighted by Gasteiger charge is -2.45. The van der Waals surface area contributed by atoms with Crippen LogP contribution in [0, 0.1) is 11.3 Å². The van der Waals surface area contributed by atoms with Crippen molar-refractivity contribution in [2.24, 2.45) is 0 Å². The minimum absolute atomic E-state index is 0.233. The van der Waals surface area contributed by atoms with Crippen molar-refractivity contribution >= 4 is 28.9 Å². The van der Waals surface area contributed by atoms with E-state index in [-0.39, 0.29) is 29.7 Å². The summed E-state index contributed by atoms with van der Waals surface area (Å²) in [7, 11) is 3.40. The first-order valence-corrected chi connectivity index (χ1v) is 23.2. The van der Waals surface area contributed by atoms with E-state index in [4.69, 9.17) is 26.1 Å². The molecule has 3 aromatic carbocycles. The van der Waals surface area contributed by atoms with E-state index in [2.05, 4.69) is 93.5 Å². The summed E-state index contributed by atoms with van der Waals surface area (Å²) in [5, 5.41) is 16.4. The van der Waals surface area contributed by atoms with E-state index in [0.717, 1.165) is 89.2 Å². The summed E-state index contributed by atoms with van der Waals surface area (Å²) in [5.74, 6) is 0.495. The number of benzene rings is 3. The normalized spacial score (nSPS) is 23.7. The molecule has 5 aliphatic rings. The molecule has 2 aromatic heterocycles. The molecule has 6 heterocycles. The fraction of sp³-hybridized carbons (Fsp3) is 0.451. The zero-order chi connectivity index (χ0) is 44.2. The van der Waals surface area contributed by atoms with Crippen molar-refractivity contribution in [1.29, 1.82) is 5.26 Å². The quantitative estimate of drug-likeness (QED) is 0.136. The fourth-order valence-corrected chi connectivity index (χ4v) is 11.5. The van der Waals surface area contributed by atoms with Crippen LogP contribution >= 0.6 is 11.6 Å². The maximum Gasteiger partial charge on any atom is 0.275 e. The van der Waals surface area contributed by atoms with Gasteiger partial charge in [-0.05, 0) is 67.3 Å². The summed E-state index contributed by atoms with van der Waals surface area (Å²) >= 11 is 6.99. The van der Waals surface area contributed by atoms with E-state index >= 15 is 0 Å². The maximum atomic E-state index is 14.9. The zero-order valence-corrected chi connectivity index (χ0v) is 37.8. The van der Waals surface area contributed by atoms with Crippen LogP contribution in [0.5, 0.6) is 5.88 Å². The molecule has 1 spiro atoms. The van der Waals surface area contributed by atoms with Gasteiger partial charge in [-0.2, -0.15) is 10.4 Å². The number of anilines is 2. The third kappa shape index (κ3) is 7.69. The van der Waals surface area contributed by atoms with Crippen molar-refractivity contribution in [3.8, 4) is 11.9 Å². The molecule has 0 N–H and O–H groups in total. The number of hydrogen-bond acceptors (Lipinski definition) is 9. The van der Waals surface area contributed by atoms with Crippen molar-refractivity contribution in [2.45, 2.75) is 108 Å². The Kier molecular flexibility index (Phi) is 11.4. The molecule has 10 rings (SSSR count). The van der Waals surface area contributed by atoms with Gasteiger partial charge >= 0.3 is 0 Å². The monoisotopic (exact) mass is 882 g/mol. The van der Waals surface area contributed by atoms with Crippen LogP contribution in [0.15, 0.2) is 78.9 Å². The zero-order valence-electron chi connectivity index (χ0n) is 37.0. The lowest BCUT2D eigenvalue weighted by atomic mass is 9.69. The molecular formula is C51H56ClFN8O3. The highest BCUT2D eigenvalue weighted by Gasteiger charge is 2.50. The second-order valence-electron chi connectivity index (χ2n) is 18.8. The highest BCUT2D eigenvalue weighted by Crippen LogP contribution is 2.52. The predicted molar refractivity (Wildman–Crippen MR) is 245 cm³/mol. The first-order chi connectivity index (χ1) is 31.0. The third-order valence-electron chi connectivity index (χ3n) is 14.5. The van der Waals surface area contributed by atoms with Crippen LogP contribution in [0.3, 0.4) is 0 Å². The minimum atomic E-state index is -0.867. The average Bonchev–Trinajstić information content (AvgIpc) is 3.88. The van der Waals surface area contributed by atoms with Gasteiger partial charge in [-0.15, -0.1) is 0 Å². The van der Waals surface area contributed by atoms with Crippen molar-refractivity contribution < 1.29 is 18.7 Å². The van der Waals surface area contributed by atoms with E-state index in [1.807, 2.05) is 22.9 Å². The van der Waals surface area contributed by atoms with Crippen LogP contribution < -0.4 is 14.5 Å². The largest absolute Gasteiger partial charge is 0.476 e. The second kappa shape index (κ2) is 17.1. The van der Waals surface area contributed by atoms with Crippen molar-refractivity contribution in [3.05, 3.63) is 134 Å². The second-order valence-corrected chi connectivity index (χ2v) is 19.2. The van der Waals surface area contributed by atoms with Crippen molar-refractivity contribution in [3.63, 3.8) is 0 Å². The molecule has 11 nitrogen and oxygen atoms in total. The molecule has 2 saturated heterocycles. The van der Waals surface area contributed by atoms with Gasteiger partial charge in [0.2, 0.25) is 5.88 Å². The molecular weight excluding hydrogens is 827 g/mol. The van der Waals surface area contributed by atoms with E-state index in [9.17, 15) is 14.4 Å². The van der Waals surface area contributed by atoms with Gasteiger partial charge in [-0.3, -0.25) is 14.4 Å². The van der Waals surface area contributed by atoms with Crippen molar-refractivity contribution in [1.82, 2.24) is 24.6 Å². The Bertz CT molecular complexity index is 2560. The molecule has 0 saturated carbocycles. The number of alkyl halides is 1.